The molecule has 28 heavy (non-hydrogen) atoms. The molecule has 0 radical (unpaired) electrons. The van der Waals surface area contributed by atoms with Crippen molar-refractivity contribution >= 4 is 39.1 Å². The summed E-state index contributed by atoms with van der Waals surface area (Å²) in [4.78, 5) is 33.7. The van der Waals surface area contributed by atoms with Gasteiger partial charge >= 0.3 is 0 Å². The first kappa shape index (κ1) is 18.1. The predicted molar refractivity (Wildman–Crippen MR) is 112 cm³/mol. The van der Waals surface area contributed by atoms with E-state index < -0.39 is 11.7 Å². The van der Waals surface area contributed by atoms with Gasteiger partial charge in [0.05, 0.1) is 5.56 Å². The molecule has 0 aliphatic heterocycles. The number of aromatic nitrogens is 2. The van der Waals surface area contributed by atoms with Crippen molar-refractivity contribution in [3.05, 3.63) is 82.0 Å². The normalized spacial score (nSPS) is 10.9. The number of para-hydroxylation sites is 1. The third-order valence-corrected chi connectivity index (χ3v) is 5.47. The largest absolute Gasteiger partial charge is 0.358 e. The standard InChI is InChI=1S/C22H19N3O2S/c1-13-6-5-7-15(10-13)11-16-12-23-22(28-16)25-21(27)20(26)19-14(2)24-18-9-4-3-8-17(18)19/h3-10,12,24H,11H2,1-2H3,(H,23,25,27). The third kappa shape index (κ3) is 3.59. The summed E-state index contributed by atoms with van der Waals surface area (Å²) in [6.07, 6.45) is 2.48. The van der Waals surface area contributed by atoms with Crippen LogP contribution in [-0.2, 0) is 11.2 Å². The minimum atomic E-state index is -0.677. The lowest BCUT2D eigenvalue weighted by molar-refractivity contribution is -0.112. The first-order valence-electron chi connectivity index (χ1n) is 8.94. The smallest absolute Gasteiger partial charge is 0.298 e. The van der Waals surface area contributed by atoms with Crippen LogP contribution < -0.4 is 5.32 Å². The van der Waals surface area contributed by atoms with Crippen LogP contribution in [0.2, 0.25) is 0 Å². The molecule has 6 heteroatoms. The van der Waals surface area contributed by atoms with Gasteiger partial charge in [-0.25, -0.2) is 4.98 Å². The number of anilines is 1. The molecule has 0 unspecified atom stereocenters. The van der Waals surface area contributed by atoms with Gasteiger partial charge in [0.1, 0.15) is 0 Å². The molecule has 2 N–H and O–H groups in total. The van der Waals surface area contributed by atoms with Crippen LogP contribution in [0.1, 0.15) is 32.1 Å². The molecule has 0 atom stereocenters. The minimum Gasteiger partial charge on any atom is -0.358 e. The molecule has 2 aromatic carbocycles. The van der Waals surface area contributed by atoms with E-state index in [0.717, 1.165) is 22.2 Å². The van der Waals surface area contributed by atoms with Gasteiger partial charge < -0.3 is 4.98 Å². The van der Waals surface area contributed by atoms with Gasteiger partial charge in [-0.15, -0.1) is 11.3 Å². The van der Waals surface area contributed by atoms with Crippen molar-refractivity contribution in [1.29, 1.82) is 0 Å². The van der Waals surface area contributed by atoms with Gasteiger partial charge in [-0.05, 0) is 25.5 Å². The summed E-state index contributed by atoms with van der Waals surface area (Å²) in [7, 11) is 0. The van der Waals surface area contributed by atoms with Crippen molar-refractivity contribution in [2.24, 2.45) is 0 Å². The van der Waals surface area contributed by atoms with Crippen LogP contribution in [-0.4, -0.2) is 21.7 Å². The third-order valence-electron chi connectivity index (χ3n) is 4.56. The summed E-state index contributed by atoms with van der Waals surface area (Å²) < 4.78 is 0. The van der Waals surface area contributed by atoms with E-state index in [0.29, 0.717) is 16.4 Å². The monoisotopic (exact) mass is 389 g/mol. The molecule has 5 nitrogen and oxygen atoms in total. The molecule has 4 aromatic rings. The fourth-order valence-electron chi connectivity index (χ4n) is 3.31. The topological polar surface area (TPSA) is 74.8 Å². The Bertz CT molecular complexity index is 1190. The predicted octanol–water partition coefficient (Wildman–Crippen LogP) is 4.65. The molecular weight excluding hydrogens is 370 g/mol. The molecule has 0 aliphatic rings. The number of aryl methyl sites for hydroxylation is 2. The first-order chi connectivity index (χ1) is 13.5. The van der Waals surface area contributed by atoms with Gasteiger partial charge in [0, 0.05) is 34.1 Å². The quantitative estimate of drug-likeness (QED) is 0.385. The number of thiazole rings is 1. The molecule has 0 fully saturated rings. The second kappa shape index (κ2) is 7.40. The van der Waals surface area contributed by atoms with Crippen LogP contribution in [0.5, 0.6) is 0 Å². The number of H-pyrrole nitrogens is 1. The summed E-state index contributed by atoms with van der Waals surface area (Å²) in [6.45, 7) is 3.85. The number of rotatable bonds is 5. The average molecular weight is 389 g/mol. The Morgan fingerprint density at radius 2 is 1.93 bits per heavy atom. The van der Waals surface area contributed by atoms with Crippen molar-refractivity contribution in [2.75, 3.05) is 5.32 Å². The number of carbonyl (C=O) groups is 2. The zero-order chi connectivity index (χ0) is 19.7. The van der Waals surface area contributed by atoms with Crippen molar-refractivity contribution in [3.8, 4) is 0 Å². The highest BCUT2D eigenvalue weighted by atomic mass is 32.1. The van der Waals surface area contributed by atoms with Gasteiger partial charge in [-0.1, -0.05) is 48.0 Å². The van der Waals surface area contributed by atoms with Gasteiger partial charge in [0.25, 0.3) is 11.7 Å². The lowest BCUT2D eigenvalue weighted by Crippen LogP contribution is -2.23. The summed E-state index contributed by atoms with van der Waals surface area (Å²) in [6, 6.07) is 15.7. The fraction of sp³-hybridized carbons (Fsp3) is 0.136. The number of hydrogen-bond acceptors (Lipinski definition) is 4. The number of hydrogen-bond donors (Lipinski definition) is 2. The maximum absolute atomic E-state index is 12.7. The van der Waals surface area contributed by atoms with Gasteiger partial charge in [-0.3, -0.25) is 14.9 Å². The van der Waals surface area contributed by atoms with E-state index in [1.807, 2.05) is 30.3 Å². The van der Waals surface area contributed by atoms with Gasteiger partial charge in [-0.2, -0.15) is 0 Å². The Morgan fingerprint density at radius 3 is 2.75 bits per heavy atom. The highest BCUT2D eigenvalue weighted by Gasteiger charge is 2.23. The zero-order valence-corrected chi connectivity index (χ0v) is 16.4. The maximum Gasteiger partial charge on any atom is 0.298 e. The zero-order valence-electron chi connectivity index (χ0n) is 15.6. The minimum absolute atomic E-state index is 0.407. The van der Waals surface area contributed by atoms with Crippen molar-refractivity contribution in [3.63, 3.8) is 0 Å². The maximum atomic E-state index is 12.7. The van der Waals surface area contributed by atoms with Crippen LogP contribution in [0, 0.1) is 13.8 Å². The summed E-state index contributed by atoms with van der Waals surface area (Å²) in [5.41, 5.74) is 4.32. The number of ketones is 1. The summed E-state index contributed by atoms with van der Waals surface area (Å²) in [5, 5.41) is 3.82. The van der Waals surface area contributed by atoms with Crippen molar-refractivity contribution < 1.29 is 9.59 Å². The number of nitrogens with zero attached hydrogens (tertiary/aromatic N) is 1. The molecule has 4 rings (SSSR count). The van der Waals surface area contributed by atoms with Crippen molar-refractivity contribution in [1.82, 2.24) is 9.97 Å². The second-order valence-corrected chi connectivity index (χ2v) is 7.87. The van der Waals surface area contributed by atoms with Crippen LogP contribution in [0.25, 0.3) is 10.9 Å². The second-order valence-electron chi connectivity index (χ2n) is 6.75. The molecule has 1 amide bonds. The Kier molecular flexibility index (Phi) is 4.79. The molecule has 0 aliphatic carbocycles. The number of fused-ring (bicyclic) bond motifs is 1. The van der Waals surface area contributed by atoms with E-state index in [2.05, 4.69) is 40.4 Å². The van der Waals surface area contributed by atoms with Crippen LogP contribution in [0.15, 0.2) is 54.7 Å². The molecule has 0 bridgehead atoms. The molecule has 140 valence electrons. The Labute approximate surface area is 166 Å². The van der Waals surface area contributed by atoms with Crippen LogP contribution >= 0.6 is 11.3 Å². The Morgan fingerprint density at radius 1 is 1.11 bits per heavy atom. The summed E-state index contributed by atoms with van der Waals surface area (Å²) in [5.74, 6) is -1.24. The Balaban J connectivity index is 1.50. The number of nitrogens with one attached hydrogen (secondary N) is 2. The number of amides is 1. The van der Waals surface area contributed by atoms with E-state index in [1.165, 1.54) is 22.5 Å². The van der Waals surface area contributed by atoms with E-state index in [-0.39, 0.29) is 0 Å². The highest BCUT2D eigenvalue weighted by Crippen LogP contribution is 2.24. The van der Waals surface area contributed by atoms with Crippen LogP contribution in [0.3, 0.4) is 0 Å². The van der Waals surface area contributed by atoms with Gasteiger partial charge in [0.15, 0.2) is 5.13 Å². The van der Waals surface area contributed by atoms with E-state index in [9.17, 15) is 9.59 Å². The highest BCUT2D eigenvalue weighted by molar-refractivity contribution is 7.15. The number of Topliss-reactive ketones (excluding diaryl/α,β-unsaturated/α-hetero) is 1. The SMILES string of the molecule is Cc1cccc(Cc2cnc(NC(=O)C(=O)c3c(C)[nH]c4ccccc34)s2)c1. The molecule has 0 saturated heterocycles. The number of benzene rings is 2. The molecule has 2 aromatic heterocycles. The summed E-state index contributed by atoms with van der Waals surface area (Å²) >= 11 is 1.38. The fourth-order valence-corrected chi connectivity index (χ4v) is 4.15. The number of aromatic amines is 1. The van der Waals surface area contributed by atoms with E-state index in [1.54, 1.807) is 13.1 Å². The lowest BCUT2D eigenvalue weighted by Gasteiger charge is -2.02. The Hall–Kier alpha value is -3.25. The van der Waals surface area contributed by atoms with Crippen LogP contribution in [0.4, 0.5) is 5.13 Å². The molecule has 0 spiro atoms. The van der Waals surface area contributed by atoms with E-state index >= 15 is 0 Å². The average Bonchev–Trinajstić information content (AvgIpc) is 3.24. The van der Waals surface area contributed by atoms with E-state index in [4.69, 9.17) is 0 Å². The number of carbonyl (C=O) groups excluding carboxylic acids is 2. The van der Waals surface area contributed by atoms with Gasteiger partial charge in [0.2, 0.25) is 0 Å². The van der Waals surface area contributed by atoms with Crippen molar-refractivity contribution in [2.45, 2.75) is 20.3 Å². The molecule has 0 saturated carbocycles. The first-order valence-corrected chi connectivity index (χ1v) is 9.76. The lowest BCUT2D eigenvalue weighted by atomic mass is 10.1. The molecule has 2 heterocycles. The molecular formula is C22H19N3O2S.